The predicted molar refractivity (Wildman–Crippen MR) is 57.3 cm³/mol. The van der Waals surface area contributed by atoms with E-state index in [-0.39, 0.29) is 10.8 Å². The van der Waals surface area contributed by atoms with Crippen LogP contribution >= 0.6 is 22.9 Å². The molecule has 1 unspecified atom stereocenters. The van der Waals surface area contributed by atoms with Gasteiger partial charge in [-0.2, -0.15) is 0 Å². The van der Waals surface area contributed by atoms with Crippen molar-refractivity contribution >= 4 is 22.9 Å². The van der Waals surface area contributed by atoms with Gasteiger partial charge in [0.15, 0.2) is 0 Å². The van der Waals surface area contributed by atoms with Gasteiger partial charge >= 0.3 is 0 Å². The van der Waals surface area contributed by atoms with Crippen LogP contribution in [0.2, 0.25) is 0 Å². The lowest BCUT2D eigenvalue weighted by atomic mass is 9.95. The minimum Gasteiger partial charge on any atom is -0.143 e. The summed E-state index contributed by atoms with van der Waals surface area (Å²) in [5.41, 5.74) is 0.259. The van der Waals surface area contributed by atoms with E-state index >= 15 is 0 Å². The fourth-order valence-electron chi connectivity index (χ4n) is 0.970. The van der Waals surface area contributed by atoms with Crippen LogP contribution < -0.4 is 0 Å². The van der Waals surface area contributed by atoms with Gasteiger partial charge < -0.3 is 0 Å². The SMILES string of the molecule is CC(Cl)c1ccc(C(C)(C)C)s1. The number of rotatable bonds is 1. The van der Waals surface area contributed by atoms with Crippen molar-refractivity contribution in [1.29, 1.82) is 0 Å². The van der Waals surface area contributed by atoms with Crippen molar-refractivity contribution in [2.45, 2.75) is 38.5 Å². The quantitative estimate of drug-likeness (QED) is 0.595. The standard InChI is InChI=1S/C10H15ClS/c1-7(11)8-5-6-9(12-8)10(2,3)4/h5-7H,1-4H3. The smallest absolute Gasteiger partial charge is 0.0650 e. The normalized spacial score (nSPS) is 14.8. The molecule has 0 aromatic carbocycles. The zero-order valence-corrected chi connectivity index (χ0v) is 9.59. The maximum atomic E-state index is 5.98. The van der Waals surface area contributed by atoms with E-state index in [1.807, 2.05) is 18.3 Å². The Morgan fingerprint density at radius 3 is 2.17 bits per heavy atom. The summed E-state index contributed by atoms with van der Waals surface area (Å²) in [6.45, 7) is 8.68. The molecule has 0 spiro atoms. The fourth-order valence-corrected chi connectivity index (χ4v) is 2.17. The number of halogens is 1. The lowest BCUT2D eigenvalue weighted by Gasteiger charge is -2.15. The van der Waals surface area contributed by atoms with Crippen LogP contribution in [-0.2, 0) is 5.41 Å². The Hall–Kier alpha value is -0.0100. The van der Waals surface area contributed by atoms with Gasteiger partial charge in [-0.3, -0.25) is 0 Å². The molecule has 0 bridgehead atoms. The van der Waals surface area contributed by atoms with Gasteiger partial charge in [0.05, 0.1) is 5.38 Å². The molecule has 0 amide bonds. The van der Waals surface area contributed by atoms with E-state index in [0.717, 1.165) is 0 Å². The van der Waals surface area contributed by atoms with Crippen LogP contribution in [0.1, 0.15) is 42.8 Å². The van der Waals surface area contributed by atoms with Crippen LogP contribution in [0.15, 0.2) is 12.1 Å². The second-order valence-corrected chi connectivity index (χ2v) is 5.84. The van der Waals surface area contributed by atoms with E-state index in [4.69, 9.17) is 11.6 Å². The van der Waals surface area contributed by atoms with Crippen LogP contribution in [0.4, 0.5) is 0 Å². The molecule has 1 rings (SSSR count). The molecule has 1 aromatic heterocycles. The molecule has 68 valence electrons. The minimum atomic E-state index is 0.145. The highest BCUT2D eigenvalue weighted by Crippen LogP contribution is 2.33. The van der Waals surface area contributed by atoms with Crippen molar-refractivity contribution in [3.8, 4) is 0 Å². The molecular weight excluding hydrogens is 188 g/mol. The molecule has 0 saturated heterocycles. The number of hydrogen-bond donors (Lipinski definition) is 0. The van der Waals surface area contributed by atoms with Crippen molar-refractivity contribution in [3.05, 3.63) is 21.9 Å². The summed E-state index contributed by atoms with van der Waals surface area (Å²) in [6, 6.07) is 4.31. The average molecular weight is 203 g/mol. The van der Waals surface area contributed by atoms with Crippen LogP contribution in [0, 0.1) is 0 Å². The van der Waals surface area contributed by atoms with Gasteiger partial charge in [0.25, 0.3) is 0 Å². The molecule has 1 heterocycles. The third-order valence-corrected chi connectivity index (χ3v) is 3.82. The Morgan fingerprint density at radius 1 is 1.33 bits per heavy atom. The summed E-state index contributed by atoms with van der Waals surface area (Å²) in [5, 5.41) is 0.145. The van der Waals surface area contributed by atoms with Gasteiger partial charge in [0.2, 0.25) is 0 Å². The summed E-state index contributed by atoms with van der Waals surface area (Å²) in [4.78, 5) is 2.67. The summed E-state index contributed by atoms with van der Waals surface area (Å²) < 4.78 is 0. The Balaban J connectivity index is 2.92. The van der Waals surface area contributed by atoms with Crippen molar-refractivity contribution in [3.63, 3.8) is 0 Å². The third-order valence-electron chi connectivity index (χ3n) is 1.76. The number of alkyl halides is 1. The molecule has 1 aromatic rings. The molecule has 0 aliphatic rings. The van der Waals surface area contributed by atoms with E-state index in [0.29, 0.717) is 0 Å². The van der Waals surface area contributed by atoms with Crippen molar-refractivity contribution in [2.24, 2.45) is 0 Å². The van der Waals surface area contributed by atoms with E-state index in [1.165, 1.54) is 9.75 Å². The Morgan fingerprint density at radius 2 is 1.92 bits per heavy atom. The predicted octanol–water partition coefficient (Wildman–Crippen LogP) is 4.35. The molecular formula is C10H15ClS. The number of hydrogen-bond acceptors (Lipinski definition) is 1. The van der Waals surface area contributed by atoms with Crippen LogP contribution in [-0.4, -0.2) is 0 Å². The zero-order chi connectivity index (χ0) is 9.35. The molecule has 0 aliphatic heterocycles. The van der Waals surface area contributed by atoms with Gasteiger partial charge in [-0.15, -0.1) is 22.9 Å². The first kappa shape index (κ1) is 10.1. The molecule has 0 radical (unpaired) electrons. The maximum Gasteiger partial charge on any atom is 0.0650 e. The summed E-state index contributed by atoms with van der Waals surface area (Å²) in [7, 11) is 0. The highest BCUT2D eigenvalue weighted by atomic mass is 35.5. The lowest BCUT2D eigenvalue weighted by Crippen LogP contribution is -2.07. The molecule has 0 aliphatic carbocycles. The summed E-state index contributed by atoms with van der Waals surface area (Å²) in [6.07, 6.45) is 0. The van der Waals surface area contributed by atoms with Gasteiger partial charge in [0.1, 0.15) is 0 Å². The van der Waals surface area contributed by atoms with Gasteiger partial charge in [0, 0.05) is 9.75 Å². The van der Waals surface area contributed by atoms with E-state index in [1.54, 1.807) is 0 Å². The molecule has 12 heavy (non-hydrogen) atoms. The van der Waals surface area contributed by atoms with Gasteiger partial charge in [-0.1, -0.05) is 20.8 Å². The Bertz CT molecular complexity index is 255. The largest absolute Gasteiger partial charge is 0.143 e. The van der Waals surface area contributed by atoms with E-state index < -0.39 is 0 Å². The van der Waals surface area contributed by atoms with E-state index in [9.17, 15) is 0 Å². The molecule has 0 fully saturated rings. The molecule has 1 atom stereocenters. The topological polar surface area (TPSA) is 0 Å². The minimum absolute atomic E-state index is 0.145. The first-order chi connectivity index (χ1) is 5.41. The van der Waals surface area contributed by atoms with Crippen LogP contribution in [0.3, 0.4) is 0 Å². The summed E-state index contributed by atoms with van der Waals surface area (Å²) in [5.74, 6) is 0. The van der Waals surface area contributed by atoms with Crippen molar-refractivity contribution < 1.29 is 0 Å². The Kier molecular flexibility index (Phi) is 2.84. The number of thiophene rings is 1. The first-order valence-corrected chi connectivity index (χ1v) is 5.41. The van der Waals surface area contributed by atoms with Crippen molar-refractivity contribution in [1.82, 2.24) is 0 Å². The van der Waals surface area contributed by atoms with E-state index in [2.05, 4.69) is 32.9 Å². The molecule has 0 nitrogen and oxygen atoms in total. The summed E-state index contributed by atoms with van der Waals surface area (Å²) >= 11 is 7.79. The van der Waals surface area contributed by atoms with Crippen LogP contribution in [0.25, 0.3) is 0 Å². The zero-order valence-electron chi connectivity index (χ0n) is 8.02. The van der Waals surface area contributed by atoms with Crippen LogP contribution in [0.5, 0.6) is 0 Å². The van der Waals surface area contributed by atoms with Gasteiger partial charge in [-0.05, 0) is 24.5 Å². The van der Waals surface area contributed by atoms with Crippen molar-refractivity contribution in [2.75, 3.05) is 0 Å². The third kappa shape index (κ3) is 2.24. The maximum absolute atomic E-state index is 5.98. The lowest BCUT2D eigenvalue weighted by molar-refractivity contribution is 0.604. The molecule has 0 saturated carbocycles. The first-order valence-electron chi connectivity index (χ1n) is 4.15. The highest BCUT2D eigenvalue weighted by molar-refractivity contribution is 7.12. The van der Waals surface area contributed by atoms with Gasteiger partial charge in [-0.25, -0.2) is 0 Å². The highest BCUT2D eigenvalue weighted by Gasteiger charge is 2.16. The second kappa shape index (κ2) is 3.39. The average Bonchev–Trinajstić information content (AvgIpc) is 2.30. The molecule has 0 N–H and O–H groups in total. The fraction of sp³-hybridized carbons (Fsp3) is 0.600. The Labute approximate surface area is 83.6 Å². The monoisotopic (exact) mass is 202 g/mol. The molecule has 2 heteroatoms. The second-order valence-electron chi connectivity index (χ2n) is 4.07.